The van der Waals surface area contributed by atoms with Crippen LogP contribution in [-0.2, 0) is 9.13 Å². The van der Waals surface area contributed by atoms with Crippen molar-refractivity contribution < 1.29 is 4.21 Å². The fourth-order valence-corrected chi connectivity index (χ4v) is 0. The molecule has 0 rings (SSSR count). The molecule has 5 heteroatoms. The van der Waals surface area contributed by atoms with Gasteiger partial charge in [-0.05, 0) is 0 Å². The second kappa shape index (κ2) is 1.12. The molecular formula is H3ClN2OS. The number of rotatable bonds is 0. The van der Waals surface area contributed by atoms with E-state index >= 15 is 0 Å². The maximum Gasteiger partial charge on any atom is 0.188 e. The molecule has 0 aromatic rings. The largest absolute Gasteiger partial charge is 0.232 e. The summed E-state index contributed by atoms with van der Waals surface area (Å²) in [6.45, 7) is 0. The van der Waals surface area contributed by atoms with E-state index in [1.165, 1.54) is 0 Å². The predicted octanol–water partition coefficient (Wildman–Crippen LogP) is 0.0607. The molecule has 1 atom stereocenters. The Morgan fingerprint density at radius 2 is 2.00 bits per heavy atom. The highest BCUT2D eigenvalue weighted by molar-refractivity contribution is 8.12. The third-order valence-corrected chi connectivity index (χ3v) is 0. The first-order valence-corrected chi connectivity index (χ1v) is 3.21. The van der Waals surface area contributed by atoms with Crippen LogP contribution in [0.1, 0.15) is 0 Å². The molecule has 0 bridgehead atoms. The van der Waals surface area contributed by atoms with Gasteiger partial charge in [0.25, 0.3) is 0 Å². The van der Waals surface area contributed by atoms with E-state index in [0.29, 0.717) is 0 Å². The first kappa shape index (κ1) is 5.20. The van der Waals surface area contributed by atoms with Crippen LogP contribution in [-0.4, -0.2) is 4.21 Å². The van der Waals surface area contributed by atoms with E-state index in [1.54, 1.807) is 0 Å². The van der Waals surface area contributed by atoms with E-state index in [9.17, 15) is 4.21 Å². The molecule has 0 radical (unpaired) electrons. The lowest BCUT2D eigenvalue weighted by molar-refractivity contribution is 0.685. The monoisotopic (exact) mass is 114 g/mol. The van der Waals surface area contributed by atoms with Gasteiger partial charge in [0, 0.05) is 10.7 Å². The molecule has 3 nitrogen and oxygen atoms in total. The second-order valence-electron chi connectivity index (χ2n) is 0.527. The van der Waals surface area contributed by atoms with Crippen molar-refractivity contribution >= 4 is 19.8 Å². The third kappa shape index (κ3) is 508. The minimum absolute atomic E-state index is 3.19. The van der Waals surface area contributed by atoms with Gasteiger partial charge < -0.3 is 0 Å². The van der Waals surface area contributed by atoms with Crippen molar-refractivity contribution in [3.8, 4) is 0 Å². The Labute approximate surface area is 34.7 Å². The fraction of sp³-hybridized carbons (Fsp3) is 0. The summed E-state index contributed by atoms with van der Waals surface area (Å²) in [7, 11) is 1.31. The van der Waals surface area contributed by atoms with E-state index in [2.05, 4.69) is 15.8 Å². The highest BCUT2D eigenvalue weighted by Crippen LogP contribution is 1.79. The SMILES string of the molecule is N=S(N)(=O)Cl. The maximum atomic E-state index is 9.40. The van der Waals surface area contributed by atoms with E-state index in [-0.39, 0.29) is 0 Å². The van der Waals surface area contributed by atoms with Crippen LogP contribution in [0.2, 0.25) is 0 Å². The third-order valence-electron chi connectivity index (χ3n) is 0. The maximum absolute atomic E-state index is 9.40. The summed E-state index contributed by atoms with van der Waals surface area (Å²) in [5, 5.41) is 4.31. The summed E-state index contributed by atoms with van der Waals surface area (Å²) in [6.07, 6.45) is 0. The lowest BCUT2D eigenvalue weighted by Crippen LogP contribution is -1.97. The van der Waals surface area contributed by atoms with Crippen LogP contribution in [0.3, 0.4) is 0 Å². The van der Waals surface area contributed by atoms with E-state index in [4.69, 9.17) is 4.78 Å². The molecule has 0 aromatic heterocycles. The zero-order valence-corrected chi connectivity index (χ0v) is 3.84. The van der Waals surface area contributed by atoms with Crippen molar-refractivity contribution in [2.75, 3.05) is 0 Å². The summed E-state index contributed by atoms with van der Waals surface area (Å²) in [6, 6.07) is 0. The Morgan fingerprint density at radius 3 is 2.00 bits per heavy atom. The fourth-order valence-electron chi connectivity index (χ4n) is 0. The molecule has 0 saturated carbocycles. The minimum atomic E-state index is -3.19. The normalized spacial score (nSPS) is 21.2. The van der Waals surface area contributed by atoms with Gasteiger partial charge in [-0.15, -0.1) is 0 Å². The Balaban J connectivity index is 4.06. The van der Waals surface area contributed by atoms with Crippen LogP contribution in [0.25, 0.3) is 0 Å². The van der Waals surface area contributed by atoms with Crippen molar-refractivity contribution in [3.05, 3.63) is 0 Å². The number of hydrogen-bond donors (Lipinski definition) is 2. The van der Waals surface area contributed by atoms with E-state index < -0.39 is 9.13 Å². The van der Waals surface area contributed by atoms with Crippen molar-refractivity contribution in [3.63, 3.8) is 0 Å². The molecule has 0 amide bonds. The summed E-state index contributed by atoms with van der Waals surface area (Å²) in [5.74, 6) is 0. The molecule has 0 fully saturated rings. The molecule has 0 aliphatic rings. The lowest BCUT2D eigenvalue weighted by Gasteiger charge is -1.72. The van der Waals surface area contributed by atoms with Crippen LogP contribution in [0.15, 0.2) is 0 Å². The van der Waals surface area contributed by atoms with Gasteiger partial charge in [-0.3, -0.25) is 0 Å². The van der Waals surface area contributed by atoms with Crippen LogP contribution >= 0.6 is 10.7 Å². The minimum Gasteiger partial charge on any atom is -0.232 e. The van der Waals surface area contributed by atoms with Gasteiger partial charge in [0.15, 0.2) is 9.13 Å². The predicted molar refractivity (Wildman–Crippen MR) is 20.9 cm³/mol. The average Bonchev–Trinajstić information content (AvgIpc) is 0.722. The number of hydrogen-bond acceptors (Lipinski definition) is 2. The molecule has 0 heterocycles. The molecular weight excluding hydrogens is 112 g/mol. The van der Waals surface area contributed by atoms with E-state index in [0.717, 1.165) is 0 Å². The smallest absolute Gasteiger partial charge is 0.188 e. The van der Waals surface area contributed by atoms with Crippen molar-refractivity contribution in [2.24, 2.45) is 5.14 Å². The van der Waals surface area contributed by atoms with Crippen molar-refractivity contribution in [1.82, 2.24) is 0 Å². The Morgan fingerprint density at radius 1 is 2.00 bits per heavy atom. The van der Waals surface area contributed by atoms with E-state index in [1.807, 2.05) is 0 Å². The Hall–Kier alpha value is 0.200. The standard InChI is InChI=1S/ClH3N2OS/c1-5(2,3)4/h(H3,2,3,4). The molecule has 32 valence electrons. The van der Waals surface area contributed by atoms with Gasteiger partial charge in [0.2, 0.25) is 0 Å². The topological polar surface area (TPSA) is 66.9 Å². The van der Waals surface area contributed by atoms with Crippen LogP contribution in [0.4, 0.5) is 0 Å². The summed E-state index contributed by atoms with van der Waals surface area (Å²) in [5.41, 5.74) is 0. The first-order chi connectivity index (χ1) is 2.00. The van der Waals surface area contributed by atoms with Crippen molar-refractivity contribution in [2.45, 2.75) is 0 Å². The average molecular weight is 115 g/mol. The van der Waals surface area contributed by atoms with Gasteiger partial charge in [0.05, 0.1) is 0 Å². The molecule has 0 aliphatic carbocycles. The number of nitrogens with one attached hydrogen (secondary N) is 1. The Kier molecular flexibility index (Phi) is 1.16. The molecule has 0 saturated heterocycles. The number of nitrogens with two attached hydrogens (primary N) is 1. The van der Waals surface area contributed by atoms with Crippen LogP contribution in [0, 0.1) is 4.78 Å². The number of halogens is 1. The van der Waals surface area contributed by atoms with Gasteiger partial charge >= 0.3 is 0 Å². The molecule has 0 aliphatic heterocycles. The van der Waals surface area contributed by atoms with Gasteiger partial charge in [0.1, 0.15) is 0 Å². The molecule has 0 aromatic carbocycles. The summed E-state index contributed by atoms with van der Waals surface area (Å²) in [4.78, 5) is 0. The van der Waals surface area contributed by atoms with Gasteiger partial charge in [-0.25, -0.2) is 14.1 Å². The zero-order chi connectivity index (χ0) is 4.50. The van der Waals surface area contributed by atoms with Crippen LogP contribution < -0.4 is 5.14 Å². The summed E-state index contributed by atoms with van der Waals surface area (Å²) < 4.78 is 15.4. The van der Waals surface area contributed by atoms with Gasteiger partial charge in [-0.1, -0.05) is 0 Å². The first-order valence-electron chi connectivity index (χ1n) is 0.761. The van der Waals surface area contributed by atoms with Gasteiger partial charge in [-0.2, -0.15) is 0 Å². The molecule has 3 N–H and O–H groups in total. The second-order valence-corrected chi connectivity index (χ2v) is 2.96. The highest BCUT2D eigenvalue weighted by Gasteiger charge is 1.77. The zero-order valence-electron chi connectivity index (χ0n) is 2.27. The highest BCUT2D eigenvalue weighted by atomic mass is 35.7. The molecule has 1 unspecified atom stereocenters. The quantitative estimate of drug-likeness (QED) is 0.430. The van der Waals surface area contributed by atoms with Crippen molar-refractivity contribution in [1.29, 1.82) is 4.78 Å². The lowest BCUT2D eigenvalue weighted by atomic mass is 13.9. The molecule has 0 spiro atoms. The Bertz CT molecular complexity index is 92.8. The molecule has 5 heavy (non-hydrogen) atoms. The van der Waals surface area contributed by atoms with Crippen LogP contribution in [0.5, 0.6) is 0 Å². The summed E-state index contributed by atoms with van der Waals surface area (Å²) >= 11 is 0.